The molecule has 0 aromatic heterocycles. The minimum atomic E-state index is 0.445. The molecule has 3 nitrogen and oxygen atoms in total. The van der Waals surface area contributed by atoms with Gasteiger partial charge in [0, 0.05) is 12.1 Å². The molecule has 0 saturated heterocycles. The summed E-state index contributed by atoms with van der Waals surface area (Å²) in [6, 6.07) is 14.7. The summed E-state index contributed by atoms with van der Waals surface area (Å²) in [5, 5.41) is 9.19. The van der Waals surface area contributed by atoms with Gasteiger partial charge in [0.15, 0.2) is 0 Å². The van der Waals surface area contributed by atoms with Crippen molar-refractivity contribution >= 4 is 17.3 Å². The summed E-state index contributed by atoms with van der Waals surface area (Å²) < 4.78 is 5.60. The lowest BCUT2D eigenvalue weighted by molar-refractivity contribution is 0.322. The van der Waals surface area contributed by atoms with Crippen LogP contribution in [0.2, 0.25) is 5.02 Å². The number of hydrogen-bond donors (Lipinski definition) is 1. The molecule has 0 spiro atoms. The minimum Gasteiger partial charge on any atom is -0.492 e. The summed E-state index contributed by atoms with van der Waals surface area (Å²) in [4.78, 5) is 0. The first-order valence-electron chi connectivity index (χ1n) is 5.86. The van der Waals surface area contributed by atoms with Crippen LogP contribution in [0.5, 0.6) is 5.75 Å². The number of ether oxygens (including phenoxy) is 1. The van der Waals surface area contributed by atoms with Gasteiger partial charge >= 0.3 is 0 Å². The van der Waals surface area contributed by atoms with Gasteiger partial charge in [-0.3, -0.25) is 0 Å². The highest BCUT2D eigenvalue weighted by Gasteiger charge is 2.04. The van der Waals surface area contributed by atoms with Gasteiger partial charge in [0.05, 0.1) is 23.3 Å². The zero-order chi connectivity index (χ0) is 13.7. The molecular formula is C15H13ClN2O. The minimum absolute atomic E-state index is 0.445. The maximum atomic E-state index is 8.74. The predicted octanol–water partition coefficient (Wildman–Crippen LogP) is 3.42. The average molecular weight is 273 g/mol. The zero-order valence-electron chi connectivity index (χ0n) is 10.3. The Labute approximate surface area is 117 Å². The summed E-state index contributed by atoms with van der Waals surface area (Å²) in [5.74, 6) is 0.579. The molecule has 2 aromatic carbocycles. The average Bonchev–Trinajstić information content (AvgIpc) is 2.42. The maximum Gasteiger partial charge on any atom is 0.137 e. The molecular weight excluding hydrogens is 260 g/mol. The van der Waals surface area contributed by atoms with Gasteiger partial charge in [-0.15, -0.1) is 0 Å². The van der Waals surface area contributed by atoms with Crippen molar-refractivity contribution < 1.29 is 4.74 Å². The molecule has 0 radical (unpaired) electrons. The SMILES string of the molecule is N#Cc1ccc(OCCc2ccccc2N)c(Cl)c1. The predicted molar refractivity (Wildman–Crippen MR) is 76.2 cm³/mol. The number of halogens is 1. The van der Waals surface area contributed by atoms with E-state index in [2.05, 4.69) is 0 Å². The lowest BCUT2D eigenvalue weighted by atomic mass is 10.1. The fraction of sp³-hybridized carbons (Fsp3) is 0.133. The van der Waals surface area contributed by atoms with E-state index in [4.69, 9.17) is 27.3 Å². The third-order valence-electron chi connectivity index (χ3n) is 2.75. The molecule has 0 fully saturated rings. The van der Waals surface area contributed by atoms with E-state index in [9.17, 15) is 0 Å². The van der Waals surface area contributed by atoms with E-state index in [1.807, 2.05) is 30.3 Å². The summed E-state index contributed by atoms with van der Waals surface area (Å²) in [5.41, 5.74) is 8.18. The van der Waals surface area contributed by atoms with Gasteiger partial charge in [0.2, 0.25) is 0 Å². The van der Waals surface area contributed by atoms with Gasteiger partial charge in [-0.2, -0.15) is 5.26 Å². The first kappa shape index (κ1) is 13.3. The number of nitrogens with two attached hydrogens (primary N) is 1. The highest BCUT2D eigenvalue weighted by molar-refractivity contribution is 6.32. The van der Waals surface area contributed by atoms with Gasteiger partial charge in [-0.05, 0) is 29.8 Å². The number of nitrogens with zero attached hydrogens (tertiary/aromatic N) is 1. The van der Waals surface area contributed by atoms with Gasteiger partial charge in [-0.1, -0.05) is 29.8 Å². The first-order valence-corrected chi connectivity index (χ1v) is 6.24. The fourth-order valence-electron chi connectivity index (χ4n) is 1.72. The van der Waals surface area contributed by atoms with E-state index in [1.165, 1.54) is 0 Å². The van der Waals surface area contributed by atoms with E-state index < -0.39 is 0 Å². The molecule has 0 amide bonds. The highest BCUT2D eigenvalue weighted by atomic mass is 35.5. The standard InChI is InChI=1S/C15H13ClN2O/c16-13-9-11(10-17)5-6-15(13)19-8-7-12-3-1-2-4-14(12)18/h1-6,9H,7-8,18H2. The van der Waals surface area contributed by atoms with Crippen molar-refractivity contribution in [2.24, 2.45) is 0 Å². The van der Waals surface area contributed by atoms with Crippen molar-refractivity contribution in [3.05, 3.63) is 58.6 Å². The molecule has 96 valence electrons. The van der Waals surface area contributed by atoms with Crippen LogP contribution in [-0.4, -0.2) is 6.61 Å². The monoisotopic (exact) mass is 272 g/mol. The Morgan fingerprint density at radius 2 is 2.00 bits per heavy atom. The van der Waals surface area contributed by atoms with Crippen molar-refractivity contribution in [3.8, 4) is 11.8 Å². The third kappa shape index (κ3) is 3.40. The molecule has 0 unspecified atom stereocenters. The lowest BCUT2D eigenvalue weighted by Crippen LogP contribution is -2.04. The number of para-hydroxylation sites is 1. The Bertz CT molecular complexity index is 620. The Morgan fingerprint density at radius 3 is 2.68 bits per heavy atom. The van der Waals surface area contributed by atoms with Crippen LogP contribution in [0.3, 0.4) is 0 Å². The first-order chi connectivity index (χ1) is 9.20. The molecule has 4 heteroatoms. The molecule has 0 bridgehead atoms. The molecule has 2 N–H and O–H groups in total. The second kappa shape index (κ2) is 6.12. The van der Waals surface area contributed by atoms with Crippen molar-refractivity contribution in [2.75, 3.05) is 12.3 Å². The number of nitrogen functional groups attached to an aromatic ring is 1. The Morgan fingerprint density at radius 1 is 1.21 bits per heavy atom. The number of benzene rings is 2. The van der Waals surface area contributed by atoms with Gasteiger partial charge < -0.3 is 10.5 Å². The van der Waals surface area contributed by atoms with Crippen LogP contribution in [0.4, 0.5) is 5.69 Å². The third-order valence-corrected chi connectivity index (χ3v) is 3.04. The van der Waals surface area contributed by atoms with Crippen LogP contribution in [-0.2, 0) is 6.42 Å². The molecule has 0 atom stereocenters. The lowest BCUT2D eigenvalue weighted by Gasteiger charge is -2.09. The topological polar surface area (TPSA) is 59.0 Å². The number of rotatable bonds is 4. The zero-order valence-corrected chi connectivity index (χ0v) is 11.0. The largest absolute Gasteiger partial charge is 0.492 e. The van der Waals surface area contributed by atoms with Crippen LogP contribution >= 0.6 is 11.6 Å². The molecule has 2 aromatic rings. The van der Waals surface area contributed by atoms with Gasteiger partial charge in [0.25, 0.3) is 0 Å². The van der Waals surface area contributed by atoms with Crippen molar-refractivity contribution in [2.45, 2.75) is 6.42 Å². The van der Waals surface area contributed by atoms with Gasteiger partial charge in [-0.25, -0.2) is 0 Å². The fourth-order valence-corrected chi connectivity index (χ4v) is 1.96. The van der Waals surface area contributed by atoms with E-state index in [0.29, 0.717) is 29.4 Å². The summed E-state index contributed by atoms with van der Waals surface area (Å²) in [7, 11) is 0. The molecule has 0 saturated carbocycles. The van der Waals surface area contributed by atoms with Crippen LogP contribution in [0, 0.1) is 11.3 Å². The second-order valence-electron chi connectivity index (χ2n) is 4.05. The van der Waals surface area contributed by atoms with Crippen molar-refractivity contribution in [3.63, 3.8) is 0 Å². The number of anilines is 1. The van der Waals surface area contributed by atoms with Crippen LogP contribution < -0.4 is 10.5 Å². The van der Waals surface area contributed by atoms with Crippen molar-refractivity contribution in [1.82, 2.24) is 0 Å². The molecule has 0 heterocycles. The maximum absolute atomic E-state index is 8.74. The Kier molecular flexibility index (Phi) is 4.27. The van der Waals surface area contributed by atoms with Gasteiger partial charge in [0.1, 0.15) is 5.75 Å². The van der Waals surface area contributed by atoms with Crippen LogP contribution in [0.15, 0.2) is 42.5 Å². The Balaban J connectivity index is 1.97. The highest BCUT2D eigenvalue weighted by Crippen LogP contribution is 2.25. The van der Waals surface area contributed by atoms with Crippen LogP contribution in [0.1, 0.15) is 11.1 Å². The summed E-state index contributed by atoms with van der Waals surface area (Å²) in [6.07, 6.45) is 0.711. The summed E-state index contributed by atoms with van der Waals surface area (Å²) >= 11 is 6.02. The second-order valence-corrected chi connectivity index (χ2v) is 4.46. The van der Waals surface area contributed by atoms with Crippen molar-refractivity contribution in [1.29, 1.82) is 5.26 Å². The van der Waals surface area contributed by atoms with E-state index >= 15 is 0 Å². The molecule has 0 aliphatic carbocycles. The molecule has 2 rings (SSSR count). The number of nitriles is 1. The number of hydrogen-bond acceptors (Lipinski definition) is 3. The molecule has 19 heavy (non-hydrogen) atoms. The summed E-state index contributed by atoms with van der Waals surface area (Å²) in [6.45, 7) is 0.486. The molecule has 0 aliphatic rings. The Hall–Kier alpha value is -2.18. The van der Waals surface area contributed by atoms with E-state index in [0.717, 1.165) is 11.3 Å². The van der Waals surface area contributed by atoms with E-state index in [-0.39, 0.29) is 0 Å². The molecule has 0 aliphatic heterocycles. The van der Waals surface area contributed by atoms with Crippen LogP contribution in [0.25, 0.3) is 0 Å². The normalized spacial score (nSPS) is 9.89. The smallest absolute Gasteiger partial charge is 0.137 e. The van der Waals surface area contributed by atoms with E-state index in [1.54, 1.807) is 18.2 Å². The quantitative estimate of drug-likeness (QED) is 0.868.